The van der Waals surface area contributed by atoms with Gasteiger partial charge in [-0.15, -0.1) is 0 Å². The van der Waals surface area contributed by atoms with Gasteiger partial charge < -0.3 is 9.88 Å². The Kier molecular flexibility index (Phi) is 2.86. The van der Waals surface area contributed by atoms with Crippen LogP contribution in [0.1, 0.15) is 6.92 Å². The molecular formula is C10H12ClN5O2S. The van der Waals surface area contributed by atoms with Crippen molar-refractivity contribution >= 4 is 38.4 Å². The van der Waals surface area contributed by atoms with Crippen molar-refractivity contribution in [3.05, 3.63) is 11.6 Å². The van der Waals surface area contributed by atoms with Gasteiger partial charge in [0.25, 0.3) is 0 Å². The van der Waals surface area contributed by atoms with E-state index < -0.39 is 9.84 Å². The molecule has 0 aliphatic carbocycles. The van der Waals surface area contributed by atoms with Gasteiger partial charge in [-0.3, -0.25) is 0 Å². The standard InChI is InChI=1S/C10H12ClN5O2S/c1-6-4-19(17,18)3-2-16(6)9-7-8(13-5-12-7)14-10(11)15-9/h5-6H,2-4H2,1H3,(H,12,13,14,15). The first-order valence-electron chi connectivity index (χ1n) is 5.80. The van der Waals surface area contributed by atoms with Crippen molar-refractivity contribution in [1.82, 2.24) is 19.9 Å². The fourth-order valence-corrected chi connectivity index (χ4v) is 4.03. The van der Waals surface area contributed by atoms with E-state index in [0.717, 1.165) is 0 Å². The van der Waals surface area contributed by atoms with Crippen molar-refractivity contribution in [2.75, 3.05) is 23.0 Å². The molecule has 1 atom stereocenters. The molecule has 1 aliphatic rings. The molecule has 102 valence electrons. The summed E-state index contributed by atoms with van der Waals surface area (Å²) in [4.78, 5) is 17.2. The molecule has 0 bridgehead atoms. The van der Waals surface area contributed by atoms with E-state index in [0.29, 0.717) is 23.5 Å². The number of anilines is 1. The summed E-state index contributed by atoms with van der Waals surface area (Å²) in [6, 6.07) is -0.156. The van der Waals surface area contributed by atoms with Gasteiger partial charge >= 0.3 is 0 Å². The van der Waals surface area contributed by atoms with Gasteiger partial charge in [0.15, 0.2) is 21.3 Å². The van der Waals surface area contributed by atoms with Crippen LogP contribution in [0.2, 0.25) is 5.28 Å². The molecule has 1 fully saturated rings. The van der Waals surface area contributed by atoms with E-state index >= 15 is 0 Å². The van der Waals surface area contributed by atoms with Crippen LogP contribution < -0.4 is 4.90 Å². The summed E-state index contributed by atoms with van der Waals surface area (Å²) in [6.07, 6.45) is 1.52. The highest BCUT2D eigenvalue weighted by molar-refractivity contribution is 7.91. The summed E-state index contributed by atoms with van der Waals surface area (Å²) in [6.45, 7) is 2.25. The summed E-state index contributed by atoms with van der Waals surface area (Å²) in [5, 5.41) is 0.107. The third-order valence-corrected chi connectivity index (χ3v) is 5.15. The summed E-state index contributed by atoms with van der Waals surface area (Å²) >= 11 is 5.88. The number of nitrogens with zero attached hydrogens (tertiary/aromatic N) is 4. The summed E-state index contributed by atoms with van der Waals surface area (Å²) < 4.78 is 23.2. The Hall–Kier alpha value is -1.41. The molecule has 1 unspecified atom stereocenters. The van der Waals surface area contributed by atoms with Crippen molar-refractivity contribution in [1.29, 1.82) is 0 Å². The molecule has 0 radical (unpaired) electrons. The number of fused-ring (bicyclic) bond motifs is 1. The zero-order valence-electron chi connectivity index (χ0n) is 10.2. The van der Waals surface area contributed by atoms with Crippen LogP contribution in [0.25, 0.3) is 11.2 Å². The molecule has 9 heteroatoms. The second-order valence-electron chi connectivity index (χ2n) is 4.57. The number of imidazole rings is 1. The number of H-pyrrole nitrogens is 1. The van der Waals surface area contributed by atoms with Gasteiger partial charge in [-0.25, -0.2) is 13.4 Å². The minimum absolute atomic E-state index is 0.107. The highest BCUT2D eigenvalue weighted by Crippen LogP contribution is 2.26. The first-order valence-corrected chi connectivity index (χ1v) is 8.00. The Morgan fingerprint density at radius 2 is 2.26 bits per heavy atom. The molecule has 7 nitrogen and oxygen atoms in total. The largest absolute Gasteiger partial charge is 0.350 e. The lowest BCUT2D eigenvalue weighted by Gasteiger charge is -2.34. The smallest absolute Gasteiger partial charge is 0.226 e. The van der Waals surface area contributed by atoms with Gasteiger partial charge in [-0.05, 0) is 18.5 Å². The minimum atomic E-state index is -2.97. The summed E-state index contributed by atoms with van der Waals surface area (Å²) in [7, 11) is -2.97. The molecule has 3 rings (SSSR count). The molecule has 1 N–H and O–H groups in total. The van der Waals surface area contributed by atoms with Crippen LogP contribution >= 0.6 is 11.6 Å². The van der Waals surface area contributed by atoms with Crippen molar-refractivity contribution in [3.63, 3.8) is 0 Å². The van der Waals surface area contributed by atoms with Crippen LogP contribution in [0.5, 0.6) is 0 Å². The quantitative estimate of drug-likeness (QED) is 0.777. The number of sulfone groups is 1. The number of aromatic amines is 1. The highest BCUT2D eigenvalue weighted by atomic mass is 35.5. The van der Waals surface area contributed by atoms with E-state index in [1.165, 1.54) is 6.33 Å². The molecule has 0 saturated carbocycles. The number of rotatable bonds is 1. The molecule has 19 heavy (non-hydrogen) atoms. The molecule has 0 spiro atoms. The van der Waals surface area contributed by atoms with Crippen LogP contribution in [0.4, 0.5) is 5.82 Å². The first kappa shape index (κ1) is 12.6. The van der Waals surface area contributed by atoms with E-state index in [1.807, 2.05) is 11.8 Å². The minimum Gasteiger partial charge on any atom is -0.350 e. The Morgan fingerprint density at radius 1 is 1.47 bits per heavy atom. The zero-order chi connectivity index (χ0) is 13.6. The van der Waals surface area contributed by atoms with Gasteiger partial charge in [-0.1, -0.05) is 0 Å². The van der Waals surface area contributed by atoms with E-state index in [2.05, 4.69) is 19.9 Å². The Bertz CT molecular complexity index is 729. The average molecular weight is 302 g/mol. The monoisotopic (exact) mass is 301 g/mol. The van der Waals surface area contributed by atoms with E-state index in [-0.39, 0.29) is 22.8 Å². The normalized spacial score (nSPS) is 22.8. The lowest BCUT2D eigenvalue weighted by Crippen LogP contribution is -2.47. The number of aromatic nitrogens is 4. The predicted molar refractivity (Wildman–Crippen MR) is 72.2 cm³/mol. The molecule has 3 heterocycles. The molecule has 2 aromatic rings. The van der Waals surface area contributed by atoms with Crippen LogP contribution in [0.3, 0.4) is 0 Å². The lowest BCUT2D eigenvalue weighted by atomic mass is 10.3. The molecule has 1 saturated heterocycles. The Labute approximate surface area is 114 Å². The highest BCUT2D eigenvalue weighted by Gasteiger charge is 2.30. The van der Waals surface area contributed by atoms with Gasteiger partial charge in [0, 0.05) is 12.6 Å². The fraction of sp³-hybridized carbons (Fsp3) is 0.500. The van der Waals surface area contributed by atoms with Crippen LogP contribution in [0, 0.1) is 0 Å². The lowest BCUT2D eigenvalue weighted by molar-refractivity contribution is 0.567. The topological polar surface area (TPSA) is 91.8 Å². The van der Waals surface area contributed by atoms with Crippen molar-refractivity contribution in [2.24, 2.45) is 0 Å². The Morgan fingerprint density at radius 3 is 3.00 bits per heavy atom. The third-order valence-electron chi connectivity index (χ3n) is 3.18. The molecule has 2 aromatic heterocycles. The number of hydrogen-bond donors (Lipinski definition) is 1. The van der Waals surface area contributed by atoms with Gasteiger partial charge in [0.05, 0.1) is 17.8 Å². The Balaban J connectivity index is 2.07. The molecule has 0 amide bonds. The maximum Gasteiger partial charge on any atom is 0.226 e. The maximum atomic E-state index is 11.6. The van der Waals surface area contributed by atoms with Gasteiger partial charge in [0.2, 0.25) is 5.28 Å². The second-order valence-corrected chi connectivity index (χ2v) is 7.14. The van der Waals surface area contributed by atoms with E-state index in [1.54, 1.807) is 0 Å². The molecule has 1 aliphatic heterocycles. The van der Waals surface area contributed by atoms with Crippen molar-refractivity contribution in [3.8, 4) is 0 Å². The third kappa shape index (κ3) is 2.25. The number of hydrogen-bond acceptors (Lipinski definition) is 6. The molecule has 0 aromatic carbocycles. The SMILES string of the molecule is CC1CS(=O)(=O)CCN1c1nc(Cl)nc2nc[nH]c12. The maximum absolute atomic E-state index is 11.6. The van der Waals surface area contributed by atoms with Crippen molar-refractivity contribution in [2.45, 2.75) is 13.0 Å². The predicted octanol–water partition coefficient (Wildman–Crippen LogP) is 0.630. The van der Waals surface area contributed by atoms with E-state index in [9.17, 15) is 8.42 Å². The van der Waals surface area contributed by atoms with E-state index in [4.69, 9.17) is 11.6 Å². The zero-order valence-corrected chi connectivity index (χ0v) is 11.7. The van der Waals surface area contributed by atoms with Gasteiger partial charge in [0.1, 0.15) is 5.52 Å². The average Bonchev–Trinajstić information content (AvgIpc) is 2.74. The van der Waals surface area contributed by atoms with Crippen LogP contribution in [-0.2, 0) is 9.84 Å². The number of halogens is 1. The first-order chi connectivity index (χ1) is 8.96. The second kappa shape index (κ2) is 4.31. The van der Waals surface area contributed by atoms with Crippen molar-refractivity contribution < 1.29 is 8.42 Å². The van der Waals surface area contributed by atoms with Crippen LogP contribution in [-0.4, -0.2) is 52.4 Å². The fourth-order valence-electron chi connectivity index (χ4n) is 2.31. The summed E-state index contributed by atoms with van der Waals surface area (Å²) in [5.74, 6) is 0.841. The molecular weight excluding hydrogens is 290 g/mol. The summed E-state index contributed by atoms with van der Waals surface area (Å²) in [5.41, 5.74) is 1.16. The van der Waals surface area contributed by atoms with Crippen LogP contribution in [0.15, 0.2) is 6.33 Å². The number of nitrogens with one attached hydrogen (secondary N) is 1. The van der Waals surface area contributed by atoms with Gasteiger partial charge in [-0.2, -0.15) is 9.97 Å².